The lowest BCUT2D eigenvalue weighted by molar-refractivity contribution is 0.110. The Morgan fingerprint density at radius 2 is 2.22 bits per heavy atom. The third-order valence-corrected chi connectivity index (χ3v) is 3.14. The maximum atomic E-state index is 6.24. The number of hydrogen-bond donors (Lipinski definition) is 0. The second-order valence-electron chi connectivity index (χ2n) is 5.03. The highest BCUT2D eigenvalue weighted by Crippen LogP contribution is 2.30. The third-order valence-electron chi connectivity index (χ3n) is 2.94. The maximum absolute atomic E-state index is 6.24. The molecule has 0 fully saturated rings. The monoisotopic (exact) mass is 267 g/mol. The van der Waals surface area contributed by atoms with Gasteiger partial charge in [0.05, 0.1) is 29.2 Å². The summed E-state index contributed by atoms with van der Waals surface area (Å²) in [7, 11) is 1.70. The number of rotatable bonds is 4. The van der Waals surface area contributed by atoms with Crippen molar-refractivity contribution >= 4 is 22.6 Å². The summed E-state index contributed by atoms with van der Waals surface area (Å²) in [5.41, 5.74) is 1.70. The average molecular weight is 268 g/mol. The summed E-state index contributed by atoms with van der Waals surface area (Å²) in [5.74, 6) is 0.849. The summed E-state index contributed by atoms with van der Waals surface area (Å²) in [6.07, 6.45) is 3.53. The Balaban J connectivity index is 2.69. The molecule has 0 radical (unpaired) electrons. The predicted octanol–water partition coefficient (Wildman–Crippen LogP) is 3.11. The number of imidazole rings is 1. The SMILES string of the molecule is COCC(C)(C)n1c(C(C)Cl)nc2cnccc21. The van der Waals surface area contributed by atoms with E-state index in [1.807, 2.05) is 13.0 Å². The van der Waals surface area contributed by atoms with E-state index in [0.29, 0.717) is 6.61 Å². The molecule has 98 valence electrons. The van der Waals surface area contributed by atoms with Gasteiger partial charge in [-0.3, -0.25) is 4.98 Å². The minimum atomic E-state index is -0.205. The summed E-state index contributed by atoms with van der Waals surface area (Å²) >= 11 is 6.24. The van der Waals surface area contributed by atoms with Gasteiger partial charge in [0.1, 0.15) is 11.3 Å². The van der Waals surface area contributed by atoms with Crippen molar-refractivity contribution < 1.29 is 4.74 Å². The van der Waals surface area contributed by atoms with Gasteiger partial charge in [0.25, 0.3) is 0 Å². The van der Waals surface area contributed by atoms with E-state index in [0.717, 1.165) is 16.9 Å². The van der Waals surface area contributed by atoms with Crippen molar-refractivity contribution in [3.63, 3.8) is 0 Å². The molecule has 0 spiro atoms. The molecule has 2 heterocycles. The van der Waals surface area contributed by atoms with Crippen LogP contribution in [0, 0.1) is 0 Å². The van der Waals surface area contributed by atoms with Crippen LogP contribution in [-0.4, -0.2) is 28.3 Å². The molecule has 0 saturated heterocycles. The van der Waals surface area contributed by atoms with Crippen LogP contribution in [0.1, 0.15) is 32.0 Å². The number of nitrogens with zero attached hydrogens (tertiary/aromatic N) is 3. The Bertz CT molecular complexity index is 548. The summed E-state index contributed by atoms with van der Waals surface area (Å²) < 4.78 is 7.45. The number of methoxy groups -OCH3 is 1. The first kappa shape index (κ1) is 13.3. The van der Waals surface area contributed by atoms with Crippen molar-refractivity contribution in [3.8, 4) is 0 Å². The Kier molecular flexibility index (Phi) is 3.59. The van der Waals surface area contributed by atoms with Gasteiger partial charge in [0, 0.05) is 13.3 Å². The van der Waals surface area contributed by atoms with E-state index in [9.17, 15) is 0 Å². The molecule has 0 bridgehead atoms. The van der Waals surface area contributed by atoms with Crippen LogP contribution < -0.4 is 0 Å². The molecule has 2 rings (SSSR count). The van der Waals surface area contributed by atoms with Gasteiger partial charge >= 0.3 is 0 Å². The molecule has 0 amide bonds. The fraction of sp³-hybridized carbons (Fsp3) is 0.538. The molecule has 0 saturated carbocycles. The molecule has 0 N–H and O–H groups in total. The summed E-state index contributed by atoms with van der Waals surface area (Å²) in [6, 6.07) is 1.96. The van der Waals surface area contributed by atoms with Crippen molar-refractivity contribution in [1.82, 2.24) is 14.5 Å². The number of fused-ring (bicyclic) bond motifs is 1. The lowest BCUT2D eigenvalue weighted by atomic mass is 10.1. The van der Waals surface area contributed by atoms with Crippen LogP contribution in [0.2, 0.25) is 0 Å². The largest absolute Gasteiger partial charge is 0.382 e. The van der Waals surface area contributed by atoms with Crippen LogP contribution >= 0.6 is 11.6 Å². The fourth-order valence-corrected chi connectivity index (χ4v) is 2.42. The van der Waals surface area contributed by atoms with Gasteiger partial charge in [-0.2, -0.15) is 0 Å². The van der Waals surface area contributed by atoms with E-state index in [1.54, 1.807) is 19.5 Å². The second-order valence-corrected chi connectivity index (χ2v) is 5.69. The maximum Gasteiger partial charge on any atom is 0.128 e. The summed E-state index contributed by atoms with van der Waals surface area (Å²) in [6.45, 7) is 6.74. The summed E-state index contributed by atoms with van der Waals surface area (Å²) in [5, 5.41) is -0.159. The number of ether oxygens (including phenoxy) is 1. The van der Waals surface area contributed by atoms with Crippen molar-refractivity contribution in [2.75, 3.05) is 13.7 Å². The first-order valence-electron chi connectivity index (χ1n) is 5.93. The zero-order valence-electron chi connectivity index (χ0n) is 11.1. The lowest BCUT2D eigenvalue weighted by Gasteiger charge is -2.29. The predicted molar refractivity (Wildman–Crippen MR) is 73.0 cm³/mol. The van der Waals surface area contributed by atoms with Gasteiger partial charge < -0.3 is 9.30 Å². The van der Waals surface area contributed by atoms with E-state index in [1.165, 1.54) is 0 Å². The molecule has 2 aromatic heterocycles. The van der Waals surface area contributed by atoms with Crippen LogP contribution in [0.25, 0.3) is 11.0 Å². The quantitative estimate of drug-likeness (QED) is 0.799. The van der Waals surface area contributed by atoms with E-state index < -0.39 is 0 Å². The molecule has 2 aromatic rings. The Morgan fingerprint density at radius 1 is 1.50 bits per heavy atom. The average Bonchev–Trinajstić information content (AvgIpc) is 2.68. The van der Waals surface area contributed by atoms with E-state index in [4.69, 9.17) is 16.3 Å². The van der Waals surface area contributed by atoms with Crippen LogP contribution in [-0.2, 0) is 10.3 Å². The van der Waals surface area contributed by atoms with Crippen LogP contribution in [0.4, 0.5) is 0 Å². The molecular weight excluding hydrogens is 250 g/mol. The van der Waals surface area contributed by atoms with Crippen LogP contribution in [0.15, 0.2) is 18.5 Å². The van der Waals surface area contributed by atoms with Crippen LogP contribution in [0.3, 0.4) is 0 Å². The zero-order valence-corrected chi connectivity index (χ0v) is 11.9. The molecule has 1 unspecified atom stereocenters. The molecule has 0 aromatic carbocycles. The third kappa shape index (κ3) is 2.22. The number of hydrogen-bond acceptors (Lipinski definition) is 3. The van der Waals surface area contributed by atoms with Gasteiger partial charge in [-0.05, 0) is 26.8 Å². The van der Waals surface area contributed by atoms with Gasteiger partial charge in [-0.15, -0.1) is 11.6 Å². The highest BCUT2D eigenvalue weighted by Gasteiger charge is 2.27. The molecule has 0 aliphatic carbocycles. The number of pyridine rings is 1. The molecule has 1 atom stereocenters. The van der Waals surface area contributed by atoms with Gasteiger partial charge in [-0.1, -0.05) is 0 Å². The minimum Gasteiger partial charge on any atom is -0.382 e. The Hall–Kier alpha value is -1.13. The first-order valence-corrected chi connectivity index (χ1v) is 6.37. The van der Waals surface area contributed by atoms with E-state index in [-0.39, 0.29) is 10.9 Å². The molecule has 18 heavy (non-hydrogen) atoms. The van der Waals surface area contributed by atoms with E-state index >= 15 is 0 Å². The van der Waals surface area contributed by atoms with Crippen molar-refractivity contribution in [2.24, 2.45) is 0 Å². The Labute approximate surface area is 112 Å². The summed E-state index contributed by atoms with van der Waals surface area (Å²) in [4.78, 5) is 8.68. The second kappa shape index (κ2) is 4.86. The molecule has 0 aliphatic heterocycles. The number of aromatic nitrogens is 3. The van der Waals surface area contributed by atoms with Crippen molar-refractivity contribution in [3.05, 3.63) is 24.3 Å². The normalized spacial score (nSPS) is 14.1. The number of alkyl halides is 1. The van der Waals surface area contributed by atoms with Crippen molar-refractivity contribution in [1.29, 1.82) is 0 Å². The Morgan fingerprint density at radius 3 is 2.83 bits per heavy atom. The molecule has 5 heteroatoms. The molecule has 0 aliphatic rings. The van der Waals surface area contributed by atoms with Gasteiger partial charge in [-0.25, -0.2) is 4.98 Å². The standard InChI is InChI=1S/C13H18ClN3O/c1-9(14)12-16-10-7-15-6-5-11(10)17(12)13(2,3)8-18-4/h5-7,9H,8H2,1-4H3. The zero-order chi connectivity index (χ0) is 13.3. The lowest BCUT2D eigenvalue weighted by Crippen LogP contribution is -2.33. The smallest absolute Gasteiger partial charge is 0.128 e. The fourth-order valence-electron chi connectivity index (χ4n) is 2.27. The first-order chi connectivity index (χ1) is 8.47. The molecular formula is C13H18ClN3O. The van der Waals surface area contributed by atoms with Gasteiger partial charge in [0.2, 0.25) is 0 Å². The van der Waals surface area contributed by atoms with Crippen molar-refractivity contribution in [2.45, 2.75) is 31.7 Å². The van der Waals surface area contributed by atoms with Crippen LogP contribution in [0.5, 0.6) is 0 Å². The van der Waals surface area contributed by atoms with Gasteiger partial charge in [0.15, 0.2) is 0 Å². The highest BCUT2D eigenvalue weighted by molar-refractivity contribution is 6.20. The molecule has 4 nitrogen and oxygen atoms in total. The topological polar surface area (TPSA) is 39.9 Å². The van der Waals surface area contributed by atoms with E-state index in [2.05, 4.69) is 28.4 Å². The number of halogens is 1. The highest BCUT2D eigenvalue weighted by atomic mass is 35.5. The minimum absolute atomic E-state index is 0.159.